The van der Waals surface area contributed by atoms with Gasteiger partial charge in [-0.1, -0.05) is 178 Å². The summed E-state index contributed by atoms with van der Waals surface area (Å²) in [5.41, 5.74) is 32.6. The molecule has 3 nitrogen and oxygen atoms in total. The number of rotatable bonds is 8. The minimum Gasteiger partial charge on any atom is -0.356 e. The lowest BCUT2D eigenvalue weighted by Crippen LogP contribution is -2.15. The van der Waals surface area contributed by atoms with Crippen molar-refractivity contribution in [2.45, 2.75) is 97.8 Å². The van der Waals surface area contributed by atoms with E-state index in [-0.39, 0.29) is 0 Å². The van der Waals surface area contributed by atoms with Crippen molar-refractivity contribution in [1.82, 2.24) is 0 Å². The van der Waals surface area contributed by atoms with E-state index in [0.717, 1.165) is 30.6 Å². The van der Waals surface area contributed by atoms with Gasteiger partial charge in [-0.25, -0.2) is 0 Å². The van der Waals surface area contributed by atoms with Crippen LogP contribution in [0, 0.1) is 0 Å². The summed E-state index contributed by atoms with van der Waals surface area (Å²) in [4.78, 5) is 4.95. The van der Waals surface area contributed by atoms with Crippen LogP contribution in [-0.4, -0.2) is 0 Å². The number of nitrogens with one attached hydrogen (secondary N) is 1. The summed E-state index contributed by atoms with van der Waals surface area (Å²) in [5.74, 6) is 0. The van der Waals surface area contributed by atoms with Gasteiger partial charge >= 0.3 is 0 Å². The van der Waals surface area contributed by atoms with Crippen LogP contribution in [0.15, 0.2) is 221 Å². The Hall–Kier alpha value is -7.92. The molecule has 15 rings (SSSR count). The van der Waals surface area contributed by atoms with Gasteiger partial charge in [-0.3, -0.25) is 0 Å². The molecule has 79 heavy (non-hydrogen) atoms. The van der Waals surface area contributed by atoms with Gasteiger partial charge in [0.05, 0.1) is 11.4 Å². The van der Waals surface area contributed by atoms with Crippen molar-refractivity contribution in [3.63, 3.8) is 0 Å². The molecule has 1 N–H and O–H groups in total. The van der Waals surface area contributed by atoms with Crippen LogP contribution in [0.3, 0.4) is 0 Å². The van der Waals surface area contributed by atoms with Gasteiger partial charge in [0.25, 0.3) is 0 Å². The van der Waals surface area contributed by atoms with E-state index in [1.54, 1.807) is 33.4 Å². The average molecular weight is 1090 g/mol. The molecule has 9 aromatic rings. The van der Waals surface area contributed by atoms with Gasteiger partial charge in [0.15, 0.2) is 0 Å². The van der Waals surface area contributed by atoms with Gasteiger partial charge in [0, 0.05) is 44.2 Å². The van der Waals surface area contributed by atoms with E-state index in [0.29, 0.717) is 0 Å². The molecule has 0 amide bonds. The summed E-state index contributed by atoms with van der Waals surface area (Å²) in [6, 6.07) is 70.9. The second kappa shape index (κ2) is 23.6. The van der Waals surface area contributed by atoms with E-state index in [9.17, 15) is 0 Å². The predicted molar refractivity (Wildman–Crippen MR) is 341 cm³/mol. The van der Waals surface area contributed by atoms with Crippen LogP contribution in [-0.2, 0) is 57.8 Å². The van der Waals surface area contributed by atoms with Crippen molar-refractivity contribution in [3.8, 4) is 0 Å². The van der Waals surface area contributed by atoms with Gasteiger partial charge in [-0.2, -0.15) is 0 Å². The Morgan fingerprint density at radius 1 is 0.342 bits per heavy atom. The number of para-hydroxylation sites is 6. The maximum absolute atomic E-state index is 3.78. The molecule has 0 aliphatic heterocycles. The van der Waals surface area contributed by atoms with E-state index in [2.05, 4.69) is 210 Å². The number of fused-ring (bicyclic) bond motifs is 6. The van der Waals surface area contributed by atoms with E-state index >= 15 is 0 Å². The molecule has 0 spiro atoms. The normalized spacial score (nSPS) is 14.5. The standard InChI is InChI=1S/2C25H23N.C13H13Br.C12H11N/c2*1-18-15-20-17-19-9-8-14-23(19)25(24(20)16-18)26(21-10-4-2-5-11-21)22-12-6-3-7-13-22;1-8-5-10-7-9-3-2-4-11(9)13(14)12(10)6-8;1-3-7-11(8-4-1)13-12-9-5-2-6-10-12/h2-7,10-13,16-17H,8-9,14-15H2,1H3;2-7,10-13,15,17H,8-9,14,16H2,1H3;5,7H,2-4,6H2,1H3;1-10,13H. The second-order valence-electron chi connectivity index (χ2n) is 22.2. The first-order valence-corrected chi connectivity index (χ1v) is 29.5. The van der Waals surface area contributed by atoms with Gasteiger partial charge < -0.3 is 15.1 Å². The molecular formula is C75H70BrN3. The van der Waals surface area contributed by atoms with Gasteiger partial charge in [0.2, 0.25) is 0 Å². The van der Waals surface area contributed by atoms with Crippen molar-refractivity contribution >= 4 is 79.7 Å². The summed E-state index contributed by atoms with van der Waals surface area (Å²) in [6.45, 7) is 6.73. The first-order valence-electron chi connectivity index (χ1n) is 28.7. The zero-order chi connectivity index (χ0) is 53.7. The van der Waals surface area contributed by atoms with E-state index in [1.165, 1.54) is 146 Å². The Bertz CT molecular complexity index is 3600. The number of allylic oxidation sites excluding steroid dienone is 3. The van der Waals surface area contributed by atoms with Gasteiger partial charge in [-0.05, 0) is 232 Å². The van der Waals surface area contributed by atoms with E-state index in [4.69, 9.17) is 0 Å². The molecule has 0 unspecified atom stereocenters. The molecule has 0 heterocycles. The van der Waals surface area contributed by atoms with Crippen LogP contribution < -0.4 is 15.1 Å². The fraction of sp³-hybridized carbons (Fsp3) is 0.200. The molecule has 0 aromatic heterocycles. The van der Waals surface area contributed by atoms with Crippen molar-refractivity contribution in [1.29, 1.82) is 0 Å². The highest BCUT2D eigenvalue weighted by Crippen LogP contribution is 2.49. The van der Waals surface area contributed by atoms with Crippen molar-refractivity contribution in [2.24, 2.45) is 0 Å². The lowest BCUT2D eigenvalue weighted by molar-refractivity contribution is 0.910. The minimum atomic E-state index is 1.06. The molecule has 0 saturated carbocycles. The Morgan fingerprint density at radius 2 is 0.709 bits per heavy atom. The Morgan fingerprint density at radius 3 is 1.19 bits per heavy atom. The minimum absolute atomic E-state index is 1.06. The highest BCUT2D eigenvalue weighted by atomic mass is 79.9. The van der Waals surface area contributed by atoms with Gasteiger partial charge in [0.1, 0.15) is 0 Å². The van der Waals surface area contributed by atoms with E-state index < -0.39 is 0 Å². The largest absolute Gasteiger partial charge is 0.356 e. The third kappa shape index (κ3) is 11.2. The van der Waals surface area contributed by atoms with Crippen LogP contribution in [0.2, 0.25) is 0 Å². The van der Waals surface area contributed by atoms with Crippen LogP contribution in [0.4, 0.5) is 45.5 Å². The summed E-state index contributed by atoms with van der Waals surface area (Å²) in [6.07, 6.45) is 21.6. The lowest BCUT2D eigenvalue weighted by Gasteiger charge is -2.30. The summed E-state index contributed by atoms with van der Waals surface area (Å²) in [7, 11) is 0. The fourth-order valence-electron chi connectivity index (χ4n) is 12.9. The molecule has 6 aliphatic carbocycles. The molecule has 4 heteroatoms. The maximum Gasteiger partial charge on any atom is 0.0571 e. The molecule has 9 aromatic carbocycles. The average Bonchev–Trinajstić information content (AvgIpc) is 4.44. The highest BCUT2D eigenvalue weighted by molar-refractivity contribution is 9.10. The summed E-state index contributed by atoms with van der Waals surface area (Å²) >= 11 is 3.78. The zero-order valence-electron chi connectivity index (χ0n) is 46.0. The topological polar surface area (TPSA) is 18.5 Å². The number of benzene rings is 9. The number of nitrogens with zero attached hydrogens (tertiary/aromatic N) is 2. The van der Waals surface area contributed by atoms with Crippen LogP contribution in [0.1, 0.15) is 107 Å². The van der Waals surface area contributed by atoms with Crippen LogP contribution in [0.25, 0.3) is 18.2 Å². The molecular weight excluding hydrogens is 1020 g/mol. The van der Waals surface area contributed by atoms with Crippen LogP contribution in [0.5, 0.6) is 0 Å². The van der Waals surface area contributed by atoms with Crippen molar-refractivity contribution in [2.75, 3.05) is 15.1 Å². The SMILES string of the molecule is CC1=Cc2c(cc3c(c2N(c2ccccc2)c2ccccc2)CCC3)C1.CC1=Cc2cc3c(c(Br)c2C1)CCC3.CC1=Cc2cc3c(c(N(c4ccccc4)c4ccccc4)c2C1)CCC3.c1ccc(Nc2ccccc2)cc1. The third-order valence-electron chi connectivity index (χ3n) is 16.4. The summed E-state index contributed by atoms with van der Waals surface area (Å²) < 4.78 is 1.40. The monoisotopic (exact) mass is 1090 g/mol. The van der Waals surface area contributed by atoms with Crippen molar-refractivity contribution in [3.05, 3.63) is 288 Å². The second-order valence-corrected chi connectivity index (χ2v) is 23.0. The molecule has 6 aliphatic rings. The lowest BCUT2D eigenvalue weighted by atomic mass is 9.96. The zero-order valence-corrected chi connectivity index (χ0v) is 47.6. The molecule has 0 saturated heterocycles. The summed E-state index contributed by atoms with van der Waals surface area (Å²) in [5, 5.41) is 3.30. The Labute approximate surface area is 477 Å². The Kier molecular flexibility index (Phi) is 15.5. The highest BCUT2D eigenvalue weighted by Gasteiger charge is 2.30. The predicted octanol–water partition coefficient (Wildman–Crippen LogP) is 20.5. The number of halogens is 1. The van der Waals surface area contributed by atoms with Crippen molar-refractivity contribution < 1.29 is 0 Å². The number of hydrogen-bond donors (Lipinski definition) is 1. The Balaban J connectivity index is 0.000000110. The molecule has 0 atom stereocenters. The fourth-order valence-corrected chi connectivity index (χ4v) is 13.7. The van der Waals surface area contributed by atoms with Gasteiger partial charge in [-0.15, -0.1) is 0 Å². The van der Waals surface area contributed by atoms with Crippen LogP contribution >= 0.6 is 15.9 Å². The molecule has 0 bridgehead atoms. The van der Waals surface area contributed by atoms with E-state index in [1.807, 2.05) is 60.7 Å². The first-order chi connectivity index (χ1) is 38.8. The molecule has 392 valence electrons. The third-order valence-corrected chi connectivity index (χ3v) is 17.3. The molecule has 0 fully saturated rings. The quantitative estimate of drug-likeness (QED) is 0.164. The smallest absolute Gasteiger partial charge is 0.0571 e. The maximum atomic E-state index is 3.78. The first kappa shape index (κ1) is 51.8. The number of aryl methyl sites for hydroxylation is 3. The number of hydrogen-bond acceptors (Lipinski definition) is 3. The molecule has 0 radical (unpaired) electrons. The number of anilines is 8.